The predicted molar refractivity (Wildman–Crippen MR) is 108 cm³/mol. The third-order valence-electron chi connectivity index (χ3n) is 3.94. The first-order valence-corrected chi connectivity index (χ1v) is 9.50. The van der Waals surface area contributed by atoms with Crippen LogP contribution in [0.5, 0.6) is 0 Å². The highest BCUT2D eigenvalue weighted by Crippen LogP contribution is 2.35. The molecule has 3 rings (SSSR count). The minimum absolute atomic E-state index is 0.0227. The molecule has 26 heavy (non-hydrogen) atoms. The number of nitrogens with one attached hydrogen (secondary N) is 2. The van der Waals surface area contributed by atoms with Crippen LogP contribution in [0.15, 0.2) is 48.5 Å². The van der Waals surface area contributed by atoms with Gasteiger partial charge in [0, 0.05) is 28.2 Å². The van der Waals surface area contributed by atoms with Gasteiger partial charge in [0.05, 0.1) is 5.02 Å². The van der Waals surface area contributed by atoms with Crippen LogP contribution in [0, 0.1) is 5.92 Å². The Balaban J connectivity index is 1.64. The second-order valence-electron chi connectivity index (χ2n) is 6.26. The van der Waals surface area contributed by atoms with Crippen molar-refractivity contribution in [2.75, 3.05) is 5.32 Å². The second kappa shape index (κ2) is 7.89. The molecule has 0 aliphatic rings. The van der Waals surface area contributed by atoms with E-state index < -0.39 is 0 Å². The molecule has 1 heterocycles. The zero-order chi connectivity index (χ0) is 18.7. The van der Waals surface area contributed by atoms with Crippen molar-refractivity contribution in [1.82, 2.24) is 5.32 Å². The van der Waals surface area contributed by atoms with Crippen LogP contribution >= 0.6 is 22.9 Å². The molecule has 0 saturated carbocycles. The monoisotopic (exact) mass is 386 g/mol. The number of carbonyl (C=O) groups excluding carboxylic acids is 2. The van der Waals surface area contributed by atoms with Crippen molar-refractivity contribution < 1.29 is 9.59 Å². The summed E-state index contributed by atoms with van der Waals surface area (Å²) in [6.07, 6.45) is 0. The summed E-state index contributed by atoms with van der Waals surface area (Å²) in [5.41, 5.74) is 1.68. The lowest BCUT2D eigenvalue weighted by molar-refractivity contribution is -0.118. The lowest BCUT2D eigenvalue weighted by Crippen LogP contribution is -2.22. The molecule has 1 aromatic heterocycles. The summed E-state index contributed by atoms with van der Waals surface area (Å²) in [5.74, 6) is -0.279. The van der Waals surface area contributed by atoms with Crippen LogP contribution in [-0.4, -0.2) is 11.8 Å². The predicted octanol–water partition coefficient (Wildman–Crippen LogP) is 5.08. The molecule has 0 saturated heterocycles. The molecule has 0 unspecified atom stereocenters. The van der Waals surface area contributed by atoms with Crippen molar-refractivity contribution in [2.24, 2.45) is 5.92 Å². The van der Waals surface area contributed by atoms with Crippen molar-refractivity contribution in [2.45, 2.75) is 20.4 Å². The van der Waals surface area contributed by atoms with Crippen molar-refractivity contribution >= 4 is 50.5 Å². The van der Waals surface area contributed by atoms with Crippen molar-refractivity contribution in [3.63, 3.8) is 0 Å². The Labute approximate surface area is 161 Å². The minimum atomic E-state index is -0.187. The number of benzene rings is 2. The van der Waals surface area contributed by atoms with Gasteiger partial charge < -0.3 is 10.6 Å². The average molecular weight is 387 g/mol. The smallest absolute Gasteiger partial charge is 0.263 e. The first kappa shape index (κ1) is 18.4. The summed E-state index contributed by atoms with van der Waals surface area (Å²) >= 11 is 7.73. The Morgan fingerprint density at radius 3 is 2.42 bits per heavy atom. The van der Waals surface area contributed by atoms with Crippen LogP contribution in [0.3, 0.4) is 0 Å². The fourth-order valence-electron chi connectivity index (χ4n) is 2.42. The van der Waals surface area contributed by atoms with E-state index in [0.717, 1.165) is 21.3 Å². The molecule has 3 aromatic rings. The number of hydrogen-bond acceptors (Lipinski definition) is 3. The van der Waals surface area contributed by atoms with Crippen LogP contribution < -0.4 is 10.6 Å². The summed E-state index contributed by atoms with van der Waals surface area (Å²) in [6, 6.07) is 15.1. The molecule has 4 nitrogen and oxygen atoms in total. The highest BCUT2D eigenvalue weighted by Gasteiger charge is 2.16. The van der Waals surface area contributed by atoms with Crippen molar-refractivity contribution in [3.05, 3.63) is 64.0 Å². The lowest BCUT2D eigenvalue weighted by Gasteiger charge is -2.09. The van der Waals surface area contributed by atoms with Gasteiger partial charge in [0.25, 0.3) is 5.91 Å². The van der Waals surface area contributed by atoms with E-state index in [9.17, 15) is 9.59 Å². The van der Waals surface area contributed by atoms with E-state index in [1.54, 1.807) is 0 Å². The van der Waals surface area contributed by atoms with Crippen LogP contribution in [0.1, 0.15) is 29.1 Å². The fraction of sp³-hybridized carbons (Fsp3) is 0.200. The van der Waals surface area contributed by atoms with E-state index in [0.29, 0.717) is 16.4 Å². The third-order valence-corrected chi connectivity index (χ3v) is 5.61. The molecule has 2 aromatic carbocycles. The highest BCUT2D eigenvalue weighted by atomic mass is 35.5. The SMILES string of the molecule is CC(C)C(=O)Nc1ccc(CNC(=O)c2sc3ccccc3c2Cl)cc1. The topological polar surface area (TPSA) is 58.2 Å². The fourth-order valence-corrected chi connectivity index (χ4v) is 3.85. The third kappa shape index (κ3) is 4.06. The molecule has 0 atom stereocenters. The number of rotatable bonds is 5. The number of halogens is 1. The molecule has 134 valence electrons. The average Bonchev–Trinajstić information content (AvgIpc) is 2.98. The molecule has 2 amide bonds. The molecule has 0 bridgehead atoms. The summed E-state index contributed by atoms with van der Waals surface area (Å²) in [4.78, 5) is 24.7. The number of thiophene rings is 1. The number of carbonyl (C=O) groups is 2. The maximum Gasteiger partial charge on any atom is 0.263 e. The first-order chi connectivity index (χ1) is 12.5. The largest absolute Gasteiger partial charge is 0.347 e. The molecule has 0 spiro atoms. The van der Waals surface area contributed by atoms with Gasteiger partial charge in [-0.3, -0.25) is 9.59 Å². The van der Waals surface area contributed by atoms with Gasteiger partial charge in [-0.1, -0.05) is 55.8 Å². The molecule has 0 aliphatic heterocycles. The normalized spacial score (nSPS) is 10.9. The molecule has 2 N–H and O–H groups in total. The number of hydrogen-bond donors (Lipinski definition) is 2. The lowest BCUT2D eigenvalue weighted by atomic mass is 10.1. The summed E-state index contributed by atoms with van der Waals surface area (Å²) < 4.78 is 0.993. The van der Waals surface area contributed by atoms with Gasteiger partial charge in [0.1, 0.15) is 4.88 Å². The zero-order valence-electron chi connectivity index (χ0n) is 14.5. The minimum Gasteiger partial charge on any atom is -0.347 e. The van der Waals surface area contributed by atoms with Gasteiger partial charge in [-0.25, -0.2) is 0 Å². The van der Waals surface area contributed by atoms with Crippen LogP contribution in [0.4, 0.5) is 5.69 Å². The second-order valence-corrected chi connectivity index (χ2v) is 7.70. The maximum atomic E-state index is 12.5. The number of amides is 2. The zero-order valence-corrected chi connectivity index (χ0v) is 16.1. The van der Waals surface area contributed by atoms with Gasteiger partial charge in [-0.15, -0.1) is 11.3 Å². The standard InChI is InChI=1S/C20H19ClN2O2S/c1-12(2)19(24)23-14-9-7-13(8-10-14)11-22-20(25)18-17(21)15-5-3-4-6-16(15)26-18/h3-10,12H,11H2,1-2H3,(H,22,25)(H,23,24). The van der Waals surface area contributed by atoms with Gasteiger partial charge in [-0.2, -0.15) is 0 Å². The van der Waals surface area contributed by atoms with E-state index in [-0.39, 0.29) is 17.7 Å². The van der Waals surface area contributed by atoms with Crippen LogP contribution in [-0.2, 0) is 11.3 Å². The Bertz CT molecular complexity index is 948. The van der Waals surface area contributed by atoms with E-state index in [1.807, 2.05) is 62.4 Å². The molecule has 0 radical (unpaired) electrons. The molecular formula is C20H19ClN2O2S. The molecular weight excluding hydrogens is 368 g/mol. The van der Waals surface area contributed by atoms with Crippen molar-refractivity contribution in [1.29, 1.82) is 0 Å². The van der Waals surface area contributed by atoms with Crippen molar-refractivity contribution in [3.8, 4) is 0 Å². The van der Waals surface area contributed by atoms with Gasteiger partial charge in [-0.05, 0) is 23.8 Å². The van der Waals surface area contributed by atoms with Gasteiger partial charge in [0.15, 0.2) is 0 Å². The molecule has 0 aliphatic carbocycles. The van der Waals surface area contributed by atoms with Gasteiger partial charge in [0.2, 0.25) is 5.91 Å². The summed E-state index contributed by atoms with van der Waals surface area (Å²) in [6.45, 7) is 4.08. The van der Waals surface area contributed by atoms with E-state index in [1.165, 1.54) is 11.3 Å². The summed E-state index contributed by atoms with van der Waals surface area (Å²) in [7, 11) is 0. The Hall–Kier alpha value is -2.37. The maximum absolute atomic E-state index is 12.5. The van der Waals surface area contributed by atoms with E-state index in [4.69, 9.17) is 11.6 Å². The summed E-state index contributed by atoms with van der Waals surface area (Å²) in [5, 5.41) is 7.13. The number of fused-ring (bicyclic) bond motifs is 1. The van der Waals surface area contributed by atoms with E-state index >= 15 is 0 Å². The Morgan fingerprint density at radius 2 is 1.77 bits per heavy atom. The first-order valence-electron chi connectivity index (χ1n) is 8.30. The molecule has 0 fully saturated rings. The van der Waals surface area contributed by atoms with Crippen LogP contribution in [0.2, 0.25) is 5.02 Å². The Morgan fingerprint density at radius 1 is 1.08 bits per heavy atom. The van der Waals surface area contributed by atoms with Gasteiger partial charge >= 0.3 is 0 Å². The van der Waals surface area contributed by atoms with E-state index in [2.05, 4.69) is 10.6 Å². The van der Waals surface area contributed by atoms with Crippen LogP contribution in [0.25, 0.3) is 10.1 Å². The Kier molecular flexibility index (Phi) is 5.59. The quantitative estimate of drug-likeness (QED) is 0.642. The molecule has 6 heteroatoms. The number of anilines is 1. The highest BCUT2D eigenvalue weighted by molar-refractivity contribution is 7.21.